The maximum Gasteiger partial charge on any atom is 0.309 e. The van der Waals surface area contributed by atoms with Gasteiger partial charge in [-0.25, -0.2) is 0 Å². The Morgan fingerprint density at radius 2 is 2.47 bits per heavy atom. The van der Waals surface area contributed by atoms with E-state index < -0.39 is 5.60 Å². The average Bonchev–Trinajstić information content (AvgIpc) is 2.55. The van der Waals surface area contributed by atoms with Crippen LogP contribution < -0.4 is 0 Å². The van der Waals surface area contributed by atoms with Crippen molar-refractivity contribution in [3.05, 3.63) is 0 Å². The number of ether oxygens (including phenoxy) is 2. The molecular formula is C11H18O4. The summed E-state index contributed by atoms with van der Waals surface area (Å²) in [7, 11) is 0. The van der Waals surface area contributed by atoms with E-state index in [1.165, 1.54) is 0 Å². The minimum Gasteiger partial charge on any atom is -0.466 e. The van der Waals surface area contributed by atoms with E-state index in [4.69, 9.17) is 9.47 Å². The second-order valence-corrected chi connectivity index (χ2v) is 4.51. The number of hydrogen-bond donors (Lipinski definition) is 1. The van der Waals surface area contributed by atoms with E-state index in [0.717, 1.165) is 19.3 Å². The first-order valence-corrected chi connectivity index (χ1v) is 5.64. The van der Waals surface area contributed by atoms with E-state index >= 15 is 0 Å². The summed E-state index contributed by atoms with van der Waals surface area (Å²) in [4.78, 5) is 11.6. The van der Waals surface area contributed by atoms with Crippen LogP contribution >= 0.6 is 0 Å². The van der Waals surface area contributed by atoms with Gasteiger partial charge in [-0.1, -0.05) is 0 Å². The second-order valence-electron chi connectivity index (χ2n) is 4.51. The van der Waals surface area contributed by atoms with Gasteiger partial charge in [-0.2, -0.15) is 0 Å². The lowest BCUT2D eigenvalue weighted by Gasteiger charge is -2.35. The smallest absolute Gasteiger partial charge is 0.309 e. The Balaban J connectivity index is 2.02. The fourth-order valence-electron chi connectivity index (χ4n) is 2.68. The molecule has 0 aromatic heterocycles. The average molecular weight is 214 g/mol. The Labute approximate surface area is 89.6 Å². The molecule has 15 heavy (non-hydrogen) atoms. The van der Waals surface area contributed by atoms with Crippen molar-refractivity contribution in [2.45, 2.75) is 44.3 Å². The van der Waals surface area contributed by atoms with Crippen LogP contribution in [0.5, 0.6) is 0 Å². The van der Waals surface area contributed by atoms with Crippen LogP contribution in [0.25, 0.3) is 0 Å². The van der Waals surface area contributed by atoms with Crippen LogP contribution in [-0.4, -0.2) is 36.0 Å². The summed E-state index contributed by atoms with van der Waals surface area (Å²) in [5, 5.41) is 9.32. The highest BCUT2D eigenvalue weighted by molar-refractivity contribution is 5.72. The van der Waals surface area contributed by atoms with Gasteiger partial charge in [0.1, 0.15) is 0 Å². The van der Waals surface area contributed by atoms with Crippen LogP contribution in [-0.2, 0) is 14.3 Å². The van der Waals surface area contributed by atoms with Gasteiger partial charge >= 0.3 is 5.97 Å². The Kier molecular flexibility index (Phi) is 2.98. The molecule has 0 aliphatic carbocycles. The maximum atomic E-state index is 11.6. The van der Waals surface area contributed by atoms with Gasteiger partial charge in [0.05, 0.1) is 30.8 Å². The van der Waals surface area contributed by atoms with E-state index in [0.29, 0.717) is 13.0 Å². The first-order chi connectivity index (χ1) is 7.19. The number of esters is 1. The van der Waals surface area contributed by atoms with Crippen LogP contribution in [0.1, 0.15) is 32.6 Å². The van der Waals surface area contributed by atoms with Gasteiger partial charge in [-0.15, -0.1) is 0 Å². The Bertz CT molecular complexity index is 253. The van der Waals surface area contributed by atoms with Crippen LogP contribution in [0.3, 0.4) is 0 Å². The Morgan fingerprint density at radius 1 is 1.67 bits per heavy atom. The third kappa shape index (κ3) is 2.01. The fraction of sp³-hybridized carbons (Fsp3) is 0.909. The zero-order valence-corrected chi connectivity index (χ0v) is 9.07. The minimum atomic E-state index is -0.458. The van der Waals surface area contributed by atoms with E-state index in [1.54, 1.807) is 0 Å². The van der Waals surface area contributed by atoms with Gasteiger partial charge in [0.25, 0.3) is 0 Å². The maximum absolute atomic E-state index is 11.6. The van der Waals surface area contributed by atoms with Gasteiger partial charge in [0.2, 0.25) is 0 Å². The predicted molar refractivity (Wildman–Crippen MR) is 53.3 cm³/mol. The van der Waals surface area contributed by atoms with Gasteiger partial charge in [-0.05, 0) is 32.6 Å². The van der Waals surface area contributed by atoms with Crippen molar-refractivity contribution < 1.29 is 19.4 Å². The van der Waals surface area contributed by atoms with Crippen LogP contribution in [0, 0.1) is 5.92 Å². The summed E-state index contributed by atoms with van der Waals surface area (Å²) >= 11 is 0. The largest absolute Gasteiger partial charge is 0.466 e. The van der Waals surface area contributed by atoms with Crippen molar-refractivity contribution in [3.8, 4) is 0 Å². The number of fused-ring (bicyclic) bond motifs is 2. The first kappa shape index (κ1) is 10.9. The molecule has 0 aromatic rings. The SMILES string of the molecule is CCOC(=O)C1CC2CCC(CO)(C1)O2. The lowest BCUT2D eigenvalue weighted by molar-refractivity contribution is -0.164. The molecule has 2 heterocycles. The molecular weight excluding hydrogens is 196 g/mol. The second kappa shape index (κ2) is 4.10. The van der Waals surface area contributed by atoms with Gasteiger partial charge in [-0.3, -0.25) is 4.79 Å². The third-order valence-electron chi connectivity index (χ3n) is 3.41. The molecule has 2 fully saturated rings. The zero-order valence-electron chi connectivity index (χ0n) is 9.07. The van der Waals surface area contributed by atoms with Crippen molar-refractivity contribution in [3.63, 3.8) is 0 Å². The summed E-state index contributed by atoms with van der Waals surface area (Å²) < 4.78 is 10.8. The van der Waals surface area contributed by atoms with Crippen molar-refractivity contribution >= 4 is 5.97 Å². The van der Waals surface area contributed by atoms with Crippen molar-refractivity contribution in [2.75, 3.05) is 13.2 Å². The molecule has 2 aliphatic rings. The molecule has 0 aromatic carbocycles. The number of aliphatic hydroxyl groups is 1. The zero-order chi connectivity index (χ0) is 10.9. The van der Waals surface area contributed by atoms with E-state index in [9.17, 15) is 9.90 Å². The van der Waals surface area contributed by atoms with Crippen molar-refractivity contribution in [1.82, 2.24) is 0 Å². The highest BCUT2D eigenvalue weighted by Crippen LogP contribution is 2.43. The van der Waals surface area contributed by atoms with Gasteiger partial charge in [0, 0.05) is 0 Å². The topological polar surface area (TPSA) is 55.8 Å². The van der Waals surface area contributed by atoms with Crippen LogP contribution in [0.15, 0.2) is 0 Å². The molecule has 4 heteroatoms. The normalized spacial score (nSPS) is 39.1. The lowest BCUT2D eigenvalue weighted by Crippen LogP contribution is -2.42. The molecule has 3 unspecified atom stereocenters. The van der Waals surface area contributed by atoms with Crippen LogP contribution in [0.2, 0.25) is 0 Å². The summed E-state index contributed by atoms with van der Waals surface area (Å²) in [6.45, 7) is 2.25. The fourth-order valence-corrected chi connectivity index (χ4v) is 2.68. The molecule has 2 bridgehead atoms. The number of carbonyl (C=O) groups is 1. The first-order valence-electron chi connectivity index (χ1n) is 5.64. The highest BCUT2D eigenvalue weighted by Gasteiger charge is 2.48. The van der Waals surface area contributed by atoms with Crippen molar-refractivity contribution in [1.29, 1.82) is 0 Å². The monoisotopic (exact) mass is 214 g/mol. The van der Waals surface area contributed by atoms with E-state index in [2.05, 4.69) is 0 Å². The van der Waals surface area contributed by atoms with E-state index in [1.807, 2.05) is 6.92 Å². The summed E-state index contributed by atoms with van der Waals surface area (Å²) in [6, 6.07) is 0. The Hall–Kier alpha value is -0.610. The number of hydrogen-bond acceptors (Lipinski definition) is 4. The predicted octanol–water partition coefficient (Wildman–Crippen LogP) is 0.870. The molecule has 4 nitrogen and oxygen atoms in total. The number of carbonyl (C=O) groups excluding carboxylic acids is 1. The van der Waals surface area contributed by atoms with Crippen LogP contribution in [0.4, 0.5) is 0 Å². The quantitative estimate of drug-likeness (QED) is 0.708. The molecule has 2 rings (SSSR count). The molecule has 2 aliphatic heterocycles. The highest BCUT2D eigenvalue weighted by atomic mass is 16.5. The van der Waals surface area contributed by atoms with Gasteiger partial charge < -0.3 is 14.6 Å². The molecule has 1 N–H and O–H groups in total. The molecule has 2 saturated heterocycles. The standard InChI is InChI=1S/C11H18O4/c1-2-14-10(13)8-5-9-3-4-11(6-8,7-12)15-9/h8-9,12H,2-7H2,1H3. The number of rotatable bonds is 3. The summed E-state index contributed by atoms with van der Waals surface area (Å²) in [5.74, 6) is -0.219. The molecule has 3 atom stereocenters. The molecule has 0 spiro atoms. The summed E-state index contributed by atoms with van der Waals surface area (Å²) in [5.41, 5.74) is -0.458. The molecule has 0 saturated carbocycles. The van der Waals surface area contributed by atoms with Crippen molar-refractivity contribution in [2.24, 2.45) is 5.92 Å². The Morgan fingerprint density at radius 3 is 3.13 bits per heavy atom. The third-order valence-corrected chi connectivity index (χ3v) is 3.41. The lowest BCUT2D eigenvalue weighted by atomic mass is 9.87. The molecule has 0 radical (unpaired) electrons. The minimum absolute atomic E-state index is 0.0133. The van der Waals surface area contributed by atoms with Gasteiger partial charge in [0.15, 0.2) is 0 Å². The molecule has 86 valence electrons. The summed E-state index contributed by atoms with van der Waals surface area (Å²) in [6.07, 6.45) is 3.32. The number of aliphatic hydroxyl groups excluding tert-OH is 1. The van der Waals surface area contributed by atoms with E-state index in [-0.39, 0.29) is 24.6 Å². The molecule has 0 amide bonds.